The van der Waals surface area contributed by atoms with Crippen molar-refractivity contribution in [3.8, 4) is 0 Å². The van der Waals surface area contributed by atoms with Crippen LogP contribution in [0, 0.1) is 0 Å². The maximum Gasteiger partial charge on any atom is 0.276 e. The number of carbonyl (C=O) groups excluding carboxylic acids is 8. The molecular formula is C29H48N4O8. The zero-order chi connectivity index (χ0) is 31.3. The van der Waals surface area contributed by atoms with Crippen molar-refractivity contribution in [2.24, 2.45) is 0 Å². The summed E-state index contributed by atoms with van der Waals surface area (Å²) in [5.41, 5.74) is 0. The zero-order valence-corrected chi connectivity index (χ0v) is 25.1. The minimum Gasteiger partial charge on any atom is -0.300 e. The number of hydrogen-bond acceptors (Lipinski definition) is 8. The molecule has 12 nitrogen and oxygen atoms in total. The number of amides is 4. The van der Waals surface area contributed by atoms with Gasteiger partial charge in [-0.05, 0) is 79.1 Å². The summed E-state index contributed by atoms with van der Waals surface area (Å²) < 4.78 is 0. The van der Waals surface area contributed by atoms with Gasteiger partial charge in [-0.25, -0.2) is 0 Å². The Morgan fingerprint density at radius 2 is 0.512 bits per heavy atom. The van der Waals surface area contributed by atoms with Crippen LogP contribution < -0.4 is 21.3 Å². The first-order valence-electron chi connectivity index (χ1n) is 14.5. The SMILES string of the molecule is CC(=O)CCCCC(=O)NC(NC(=O)CCCCC(C)=O)(NC(=O)CCCCC(C)=O)NC(=O)CCCCC(C)=O. The number of unbranched alkanes of at least 4 members (excludes halogenated alkanes) is 4. The van der Waals surface area contributed by atoms with E-state index in [0.29, 0.717) is 77.0 Å². The molecule has 0 spiro atoms. The molecule has 41 heavy (non-hydrogen) atoms. The normalized spacial score (nSPS) is 10.8. The number of carbonyl (C=O) groups is 8. The Bertz CT molecular complexity index is 782. The molecule has 0 aromatic carbocycles. The topological polar surface area (TPSA) is 185 Å². The maximum absolute atomic E-state index is 12.9. The zero-order valence-electron chi connectivity index (χ0n) is 25.1. The lowest BCUT2D eigenvalue weighted by atomic mass is 10.1. The molecule has 0 saturated carbocycles. The predicted molar refractivity (Wildman–Crippen MR) is 152 cm³/mol. The quantitative estimate of drug-likeness (QED) is 0.0991. The van der Waals surface area contributed by atoms with Crippen LogP contribution in [-0.2, 0) is 38.4 Å². The van der Waals surface area contributed by atoms with Crippen LogP contribution in [0.25, 0.3) is 0 Å². The molecule has 0 aromatic heterocycles. The second-order valence-corrected chi connectivity index (χ2v) is 10.6. The molecule has 0 rings (SSSR count). The van der Waals surface area contributed by atoms with Crippen molar-refractivity contribution >= 4 is 46.8 Å². The minimum absolute atomic E-state index is 0.00846. The maximum atomic E-state index is 12.9. The van der Waals surface area contributed by atoms with Gasteiger partial charge in [-0.15, -0.1) is 0 Å². The molecule has 0 radical (unpaired) electrons. The van der Waals surface area contributed by atoms with Crippen LogP contribution >= 0.6 is 0 Å². The molecule has 12 heteroatoms. The van der Waals surface area contributed by atoms with Crippen molar-refractivity contribution in [2.75, 3.05) is 0 Å². The van der Waals surface area contributed by atoms with E-state index in [9.17, 15) is 38.4 Å². The number of hydrogen-bond donors (Lipinski definition) is 4. The first-order chi connectivity index (χ1) is 19.2. The van der Waals surface area contributed by atoms with Crippen LogP contribution in [0.3, 0.4) is 0 Å². The van der Waals surface area contributed by atoms with Crippen LogP contribution in [-0.4, -0.2) is 52.7 Å². The summed E-state index contributed by atoms with van der Waals surface area (Å²) in [6.45, 7) is 5.81. The molecule has 0 bridgehead atoms. The molecule has 0 aromatic rings. The molecule has 0 fully saturated rings. The van der Waals surface area contributed by atoms with Crippen molar-refractivity contribution in [1.82, 2.24) is 21.3 Å². The molecule has 0 atom stereocenters. The van der Waals surface area contributed by atoms with Crippen molar-refractivity contribution in [2.45, 2.75) is 136 Å². The van der Waals surface area contributed by atoms with Gasteiger partial charge in [-0.3, -0.25) is 40.4 Å². The fourth-order valence-electron chi connectivity index (χ4n) is 3.91. The molecule has 232 valence electrons. The lowest BCUT2D eigenvalue weighted by Gasteiger charge is -2.36. The highest BCUT2D eigenvalue weighted by Crippen LogP contribution is 2.08. The number of rotatable bonds is 24. The van der Waals surface area contributed by atoms with E-state index in [4.69, 9.17) is 0 Å². The van der Waals surface area contributed by atoms with Gasteiger partial charge in [0, 0.05) is 51.4 Å². The Hall–Kier alpha value is -3.44. The van der Waals surface area contributed by atoms with E-state index in [2.05, 4.69) is 21.3 Å². The number of Topliss-reactive ketones (excluding diaryl/α,β-unsaturated/α-hetero) is 4. The fourth-order valence-corrected chi connectivity index (χ4v) is 3.91. The highest BCUT2D eigenvalue weighted by atomic mass is 16.2. The van der Waals surface area contributed by atoms with E-state index >= 15 is 0 Å². The van der Waals surface area contributed by atoms with Gasteiger partial charge in [0.1, 0.15) is 23.1 Å². The van der Waals surface area contributed by atoms with Gasteiger partial charge < -0.3 is 19.2 Å². The molecule has 0 aliphatic rings. The van der Waals surface area contributed by atoms with E-state index in [0.717, 1.165) is 0 Å². The molecule has 0 unspecified atom stereocenters. The molecule has 0 aliphatic heterocycles. The largest absolute Gasteiger partial charge is 0.300 e. The number of ketones is 4. The van der Waals surface area contributed by atoms with Crippen LogP contribution in [0.1, 0.15) is 130 Å². The van der Waals surface area contributed by atoms with E-state index in [1.165, 1.54) is 27.7 Å². The van der Waals surface area contributed by atoms with E-state index in [-0.39, 0.29) is 48.8 Å². The monoisotopic (exact) mass is 580 g/mol. The first-order valence-corrected chi connectivity index (χ1v) is 14.5. The standard InChI is InChI=1S/C29H48N4O8/c1-21(34)13-5-9-17-25(38)30-29(31-26(39)18-10-6-14-22(2)35,32-27(40)19-11-7-15-23(3)36)33-28(41)20-12-8-16-24(4)37/h5-20H2,1-4H3,(H,30,38)(H,31,39)(H,32,40)(H,33,41). The van der Waals surface area contributed by atoms with Gasteiger partial charge in [-0.1, -0.05) is 0 Å². The van der Waals surface area contributed by atoms with Crippen molar-refractivity contribution in [3.63, 3.8) is 0 Å². The molecule has 0 heterocycles. The fraction of sp³-hybridized carbons (Fsp3) is 0.724. The molecule has 4 amide bonds. The Morgan fingerprint density at radius 3 is 0.683 bits per heavy atom. The van der Waals surface area contributed by atoms with Gasteiger partial charge in [0.25, 0.3) is 5.91 Å². The van der Waals surface area contributed by atoms with Crippen LogP contribution in [0.2, 0.25) is 0 Å². The summed E-state index contributed by atoms with van der Waals surface area (Å²) in [4.78, 5) is 96.4. The predicted octanol–water partition coefficient (Wildman–Crippen LogP) is 2.66. The summed E-state index contributed by atoms with van der Waals surface area (Å²) in [5.74, 6) is -4.44. The molecule has 0 aliphatic carbocycles. The van der Waals surface area contributed by atoms with Gasteiger partial charge in [0.15, 0.2) is 0 Å². The summed E-state index contributed by atoms with van der Waals surface area (Å²) >= 11 is 0. The third-order valence-corrected chi connectivity index (χ3v) is 6.04. The Labute approximate surface area is 242 Å². The molecular weight excluding hydrogens is 532 g/mol. The van der Waals surface area contributed by atoms with E-state index < -0.39 is 29.5 Å². The highest BCUT2D eigenvalue weighted by molar-refractivity contribution is 5.86. The Morgan fingerprint density at radius 1 is 0.341 bits per heavy atom. The summed E-state index contributed by atoms with van der Waals surface area (Å²) in [7, 11) is 0. The summed E-state index contributed by atoms with van der Waals surface area (Å²) in [6, 6.07) is 0. The minimum atomic E-state index is -2.12. The lowest BCUT2D eigenvalue weighted by Crippen LogP contribution is -2.78. The Kier molecular flexibility index (Phi) is 19.5. The average molecular weight is 581 g/mol. The third-order valence-electron chi connectivity index (χ3n) is 6.04. The van der Waals surface area contributed by atoms with Crippen LogP contribution in [0.15, 0.2) is 0 Å². The van der Waals surface area contributed by atoms with Gasteiger partial charge >= 0.3 is 0 Å². The number of nitrogens with one attached hydrogen (secondary N) is 4. The van der Waals surface area contributed by atoms with Crippen molar-refractivity contribution in [1.29, 1.82) is 0 Å². The second kappa shape index (κ2) is 21.3. The van der Waals surface area contributed by atoms with Crippen LogP contribution in [0.5, 0.6) is 0 Å². The molecule has 0 saturated heterocycles. The molecule has 4 N–H and O–H groups in total. The Balaban J connectivity index is 5.76. The van der Waals surface area contributed by atoms with Crippen LogP contribution in [0.4, 0.5) is 0 Å². The van der Waals surface area contributed by atoms with Gasteiger partial charge in [0.2, 0.25) is 23.6 Å². The lowest BCUT2D eigenvalue weighted by molar-refractivity contribution is -0.137. The summed E-state index contributed by atoms with van der Waals surface area (Å²) in [5, 5.41) is 10.2. The second-order valence-electron chi connectivity index (χ2n) is 10.6. The van der Waals surface area contributed by atoms with Gasteiger partial charge in [-0.2, -0.15) is 0 Å². The third kappa shape index (κ3) is 22.0. The highest BCUT2D eigenvalue weighted by Gasteiger charge is 2.37. The average Bonchev–Trinajstić information content (AvgIpc) is 2.84. The van der Waals surface area contributed by atoms with Crippen molar-refractivity contribution < 1.29 is 38.4 Å². The van der Waals surface area contributed by atoms with E-state index in [1.807, 2.05) is 0 Å². The van der Waals surface area contributed by atoms with E-state index in [1.54, 1.807) is 0 Å². The first kappa shape index (κ1) is 37.6. The smallest absolute Gasteiger partial charge is 0.276 e. The van der Waals surface area contributed by atoms with Gasteiger partial charge in [0.05, 0.1) is 0 Å². The summed E-state index contributed by atoms with van der Waals surface area (Å²) in [6.07, 6.45) is 4.55. The van der Waals surface area contributed by atoms with Crippen molar-refractivity contribution in [3.05, 3.63) is 0 Å².